The summed E-state index contributed by atoms with van der Waals surface area (Å²) >= 11 is 3.26. The molecule has 102 valence electrons. The van der Waals surface area contributed by atoms with Gasteiger partial charge in [0.25, 0.3) is 0 Å². The van der Waals surface area contributed by atoms with Crippen molar-refractivity contribution in [3.8, 4) is 11.4 Å². The standard InChI is InChI=1S/C12H11BrF3N3/c1-2-5-19-7-17-18-11(19)9-6-8(12(14,15)16)3-4-10(9)13/h3-4,6-7H,2,5H2,1H3. The molecule has 0 aliphatic heterocycles. The first-order valence-corrected chi connectivity index (χ1v) is 6.47. The zero-order valence-corrected chi connectivity index (χ0v) is 11.7. The van der Waals surface area contributed by atoms with Crippen molar-refractivity contribution >= 4 is 15.9 Å². The predicted octanol–water partition coefficient (Wildman–Crippen LogP) is 4.14. The molecule has 0 aliphatic rings. The van der Waals surface area contributed by atoms with Crippen LogP contribution in [0.4, 0.5) is 13.2 Å². The molecule has 0 aliphatic carbocycles. The van der Waals surface area contributed by atoms with Crippen molar-refractivity contribution in [1.29, 1.82) is 0 Å². The van der Waals surface area contributed by atoms with Gasteiger partial charge in [0, 0.05) is 16.6 Å². The maximum absolute atomic E-state index is 12.7. The SMILES string of the molecule is CCCn1cnnc1-c1cc(C(F)(F)F)ccc1Br. The van der Waals surface area contributed by atoms with Crippen LogP contribution >= 0.6 is 15.9 Å². The van der Waals surface area contributed by atoms with Gasteiger partial charge in [-0.2, -0.15) is 13.2 Å². The highest BCUT2D eigenvalue weighted by Gasteiger charge is 2.31. The number of hydrogen-bond donors (Lipinski definition) is 0. The summed E-state index contributed by atoms with van der Waals surface area (Å²) in [5, 5.41) is 7.67. The minimum atomic E-state index is -4.37. The first kappa shape index (κ1) is 14.0. The molecule has 0 saturated heterocycles. The molecule has 0 spiro atoms. The van der Waals surface area contributed by atoms with E-state index in [1.54, 1.807) is 4.57 Å². The molecule has 0 radical (unpaired) electrons. The minimum absolute atomic E-state index is 0.390. The van der Waals surface area contributed by atoms with Crippen molar-refractivity contribution in [2.24, 2.45) is 0 Å². The molecule has 0 atom stereocenters. The predicted molar refractivity (Wildman–Crippen MR) is 68.5 cm³/mol. The summed E-state index contributed by atoms with van der Waals surface area (Å²) < 4.78 is 40.5. The summed E-state index contributed by atoms with van der Waals surface area (Å²) in [6.45, 7) is 2.63. The molecule has 0 fully saturated rings. The Morgan fingerprint density at radius 3 is 2.68 bits per heavy atom. The molecule has 0 N–H and O–H groups in total. The van der Waals surface area contributed by atoms with Gasteiger partial charge in [0.05, 0.1) is 5.56 Å². The summed E-state index contributed by atoms with van der Waals surface area (Å²) in [7, 11) is 0. The second kappa shape index (κ2) is 5.32. The van der Waals surface area contributed by atoms with Gasteiger partial charge in [-0.25, -0.2) is 0 Å². The zero-order valence-electron chi connectivity index (χ0n) is 10.1. The van der Waals surface area contributed by atoms with E-state index >= 15 is 0 Å². The molecule has 1 heterocycles. The van der Waals surface area contributed by atoms with Crippen LogP contribution in [0.3, 0.4) is 0 Å². The second-order valence-electron chi connectivity index (χ2n) is 4.04. The topological polar surface area (TPSA) is 30.7 Å². The van der Waals surface area contributed by atoms with Crippen LogP contribution in [-0.2, 0) is 12.7 Å². The van der Waals surface area contributed by atoms with E-state index in [4.69, 9.17) is 0 Å². The molecule has 1 aromatic carbocycles. The van der Waals surface area contributed by atoms with E-state index in [9.17, 15) is 13.2 Å². The summed E-state index contributed by atoms with van der Waals surface area (Å²) in [6.07, 6.45) is -2.00. The summed E-state index contributed by atoms with van der Waals surface area (Å²) in [6, 6.07) is 3.50. The Hall–Kier alpha value is -1.37. The highest BCUT2D eigenvalue weighted by molar-refractivity contribution is 9.10. The van der Waals surface area contributed by atoms with Crippen LogP contribution in [0.2, 0.25) is 0 Å². The fourth-order valence-electron chi connectivity index (χ4n) is 1.74. The van der Waals surface area contributed by atoms with Crippen molar-refractivity contribution < 1.29 is 13.2 Å². The molecular weight excluding hydrogens is 323 g/mol. The smallest absolute Gasteiger partial charge is 0.314 e. The molecule has 2 rings (SSSR count). The average molecular weight is 334 g/mol. The molecule has 1 aromatic heterocycles. The van der Waals surface area contributed by atoms with Gasteiger partial charge in [0.15, 0.2) is 5.82 Å². The van der Waals surface area contributed by atoms with Gasteiger partial charge in [-0.05, 0) is 24.6 Å². The quantitative estimate of drug-likeness (QED) is 0.845. The highest BCUT2D eigenvalue weighted by atomic mass is 79.9. The van der Waals surface area contributed by atoms with Gasteiger partial charge in [-0.1, -0.05) is 22.9 Å². The lowest BCUT2D eigenvalue weighted by Crippen LogP contribution is -2.06. The fourth-order valence-corrected chi connectivity index (χ4v) is 2.17. The summed E-state index contributed by atoms with van der Waals surface area (Å²) in [4.78, 5) is 0. The summed E-state index contributed by atoms with van der Waals surface area (Å²) in [5.41, 5.74) is -0.308. The fraction of sp³-hybridized carbons (Fsp3) is 0.333. The van der Waals surface area contributed by atoms with Crippen LogP contribution in [0.1, 0.15) is 18.9 Å². The Kier molecular flexibility index (Phi) is 3.93. The van der Waals surface area contributed by atoms with E-state index in [-0.39, 0.29) is 0 Å². The van der Waals surface area contributed by atoms with E-state index < -0.39 is 11.7 Å². The number of halogens is 4. The van der Waals surface area contributed by atoms with Crippen LogP contribution in [0.25, 0.3) is 11.4 Å². The third-order valence-electron chi connectivity index (χ3n) is 2.61. The van der Waals surface area contributed by atoms with Crippen LogP contribution < -0.4 is 0 Å². The lowest BCUT2D eigenvalue weighted by molar-refractivity contribution is -0.137. The lowest BCUT2D eigenvalue weighted by Gasteiger charge is -2.11. The number of hydrogen-bond acceptors (Lipinski definition) is 2. The number of alkyl halides is 3. The van der Waals surface area contributed by atoms with Crippen LogP contribution in [0.15, 0.2) is 29.0 Å². The normalized spacial score (nSPS) is 11.8. The van der Waals surface area contributed by atoms with Crippen molar-refractivity contribution in [2.45, 2.75) is 26.1 Å². The maximum Gasteiger partial charge on any atom is 0.416 e. The van der Waals surface area contributed by atoms with Crippen molar-refractivity contribution in [1.82, 2.24) is 14.8 Å². The number of rotatable bonds is 3. The first-order valence-electron chi connectivity index (χ1n) is 5.68. The number of aryl methyl sites for hydroxylation is 1. The first-order chi connectivity index (χ1) is 8.93. The van der Waals surface area contributed by atoms with Gasteiger partial charge in [0.1, 0.15) is 6.33 Å². The second-order valence-corrected chi connectivity index (χ2v) is 4.89. The zero-order chi connectivity index (χ0) is 14.0. The van der Waals surface area contributed by atoms with Crippen LogP contribution in [0, 0.1) is 0 Å². The van der Waals surface area contributed by atoms with E-state index in [2.05, 4.69) is 26.1 Å². The van der Waals surface area contributed by atoms with E-state index in [0.29, 0.717) is 22.4 Å². The minimum Gasteiger partial charge on any atom is -0.314 e. The molecule has 3 nitrogen and oxygen atoms in total. The molecule has 0 unspecified atom stereocenters. The van der Waals surface area contributed by atoms with Crippen molar-refractivity contribution in [2.75, 3.05) is 0 Å². The molecule has 0 bridgehead atoms. The molecule has 0 saturated carbocycles. The molecule has 7 heteroatoms. The van der Waals surface area contributed by atoms with Gasteiger partial charge < -0.3 is 4.57 Å². The van der Waals surface area contributed by atoms with Crippen LogP contribution in [-0.4, -0.2) is 14.8 Å². The lowest BCUT2D eigenvalue weighted by atomic mass is 10.1. The maximum atomic E-state index is 12.7. The third kappa shape index (κ3) is 2.97. The van der Waals surface area contributed by atoms with Crippen molar-refractivity contribution in [3.05, 3.63) is 34.6 Å². The monoisotopic (exact) mass is 333 g/mol. The van der Waals surface area contributed by atoms with Gasteiger partial charge >= 0.3 is 6.18 Å². The Morgan fingerprint density at radius 1 is 1.32 bits per heavy atom. The third-order valence-corrected chi connectivity index (χ3v) is 3.31. The Balaban J connectivity index is 2.52. The summed E-state index contributed by atoms with van der Waals surface area (Å²) in [5.74, 6) is 0.430. The number of benzene rings is 1. The van der Waals surface area contributed by atoms with E-state index in [0.717, 1.165) is 18.6 Å². The molecule has 19 heavy (non-hydrogen) atoms. The van der Waals surface area contributed by atoms with E-state index in [1.165, 1.54) is 12.4 Å². The van der Waals surface area contributed by atoms with Gasteiger partial charge in [0.2, 0.25) is 0 Å². The van der Waals surface area contributed by atoms with Gasteiger partial charge in [-0.15, -0.1) is 10.2 Å². The Morgan fingerprint density at radius 2 is 2.05 bits per heavy atom. The Bertz CT molecular complexity index is 578. The number of nitrogens with zero attached hydrogens (tertiary/aromatic N) is 3. The average Bonchev–Trinajstić information content (AvgIpc) is 2.77. The number of aromatic nitrogens is 3. The van der Waals surface area contributed by atoms with Crippen molar-refractivity contribution in [3.63, 3.8) is 0 Å². The molecule has 0 amide bonds. The largest absolute Gasteiger partial charge is 0.416 e. The van der Waals surface area contributed by atoms with Crippen LogP contribution in [0.5, 0.6) is 0 Å². The van der Waals surface area contributed by atoms with E-state index in [1.807, 2.05) is 6.92 Å². The molecule has 2 aromatic rings. The highest BCUT2D eigenvalue weighted by Crippen LogP contribution is 2.35. The van der Waals surface area contributed by atoms with Gasteiger partial charge in [-0.3, -0.25) is 0 Å². The molecular formula is C12H11BrF3N3. The Labute approximate surface area is 116 Å².